The molecule has 0 saturated carbocycles. The van der Waals surface area contributed by atoms with E-state index in [0.717, 1.165) is 37.8 Å². The van der Waals surface area contributed by atoms with E-state index in [0.29, 0.717) is 10.7 Å². The van der Waals surface area contributed by atoms with Gasteiger partial charge in [0, 0.05) is 32.7 Å². The van der Waals surface area contributed by atoms with Gasteiger partial charge in [0.05, 0.1) is 17.6 Å². The highest BCUT2D eigenvalue weighted by Crippen LogP contribution is 2.16. The second kappa shape index (κ2) is 6.30. The van der Waals surface area contributed by atoms with Crippen LogP contribution in [0.25, 0.3) is 0 Å². The van der Waals surface area contributed by atoms with Crippen LogP contribution in [0.3, 0.4) is 0 Å². The highest BCUT2D eigenvalue weighted by molar-refractivity contribution is 7.80. The van der Waals surface area contributed by atoms with Crippen molar-refractivity contribution in [2.45, 2.75) is 13.8 Å². The van der Waals surface area contributed by atoms with Crippen LogP contribution >= 0.6 is 12.2 Å². The highest BCUT2D eigenvalue weighted by atomic mass is 32.1. The highest BCUT2D eigenvalue weighted by Gasteiger charge is 2.17. The lowest BCUT2D eigenvalue weighted by atomic mass is 10.2. The van der Waals surface area contributed by atoms with Crippen LogP contribution in [0.1, 0.15) is 19.5 Å². The molecule has 1 aliphatic heterocycles. The summed E-state index contributed by atoms with van der Waals surface area (Å²) in [5, 5.41) is 0. The zero-order valence-electron chi connectivity index (χ0n) is 11.7. The monoisotopic (exact) mass is 278 g/mol. The van der Waals surface area contributed by atoms with Crippen LogP contribution in [0.15, 0.2) is 18.3 Å². The molecular formula is C14H22N4S. The molecule has 1 aliphatic rings. The van der Waals surface area contributed by atoms with Crippen molar-refractivity contribution in [2.75, 3.05) is 37.6 Å². The van der Waals surface area contributed by atoms with Crippen molar-refractivity contribution in [3.05, 3.63) is 24.0 Å². The zero-order chi connectivity index (χ0) is 13.8. The second-order valence-electron chi connectivity index (χ2n) is 5.45. The number of nitrogens with two attached hydrogens (primary N) is 1. The van der Waals surface area contributed by atoms with E-state index in [-0.39, 0.29) is 0 Å². The molecule has 0 aromatic carbocycles. The summed E-state index contributed by atoms with van der Waals surface area (Å²) in [4.78, 5) is 9.55. The Bertz CT molecular complexity index is 422. The molecule has 5 heteroatoms. The number of hydrogen-bond donors (Lipinski definition) is 1. The van der Waals surface area contributed by atoms with Crippen LogP contribution < -0.4 is 10.6 Å². The summed E-state index contributed by atoms with van der Waals surface area (Å²) in [6, 6.07) is 3.96. The molecule has 0 aliphatic carbocycles. The number of thiocarbonyl (C=S) groups is 1. The van der Waals surface area contributed by atoms with Crippen LogP contribution in [0.5, 0.6) is 0 Å². The molecule has 2 N–H and O–H groups in total. The number of aromatic nitrogens is 1. The van der Waals surface area contributed by atoms with Gasteiger partial charge in [0.1, 0.15) is 4.99 Å². The van der Waals surface area contributed by atoms with E-state index in [9.17, 15) is 0 Å². The van der Waals surface area contributed by atoms with Gasteiger partial charge in [0.2, 0.25) is 0 Å². The molecule has 0 amide bonds. The SMILES string of the molecule is CC(C)CN1CCN(c2ccc(C(N)=S)nc2)CC1. The molecule has 0 unspecified atom stereocenters. The molecule has 0 bridgehead atoms. The van der Waals surface area contributed by atoms with Crippen LogP contribution in [-0.4, -0.2) is 47.6 Å². The van der Waals surface area contributed by atoms with Gasteiger partial charge in [-0.1, -0.05) is 26.1 Å². The third-order valence-electron chi connectivity index (χ3n) is 3.36. The maximum absolute atomic E-state index is 5.56. The Labute approximate surface area is 120 Å². The van der Waals surface area contributed by atoms with Crippen molar-refractivity contribution >= 4 is 22.9 Å². The van der Waals surface area contributed by atoms with E-state index in [1.807, 2.05) is 12.3 Å². The fourth-order valence-electron chi connectivity index (χ4n) is 2.42. The van der Waals surface area contributed by atoms with Gasteiger partial charge < -0.3 is 10.6 Å². The average Bonchev–Trinajstić information content (AvgIpc) is 2.39. The summed E-state index contributed by atoms with van der Waals surface area (Å²) in [5.74, 6) is 0.734. The molecule has 1 saturated heterocycles. The van der Waals surface area contributed by atoms with Crippen LogP contribution in [-0.2, 0) is 0 Å². The first kappa shape index (κ1) is 14.2. The number of hydrogen-bond acceptors (Lipinski definition) is 4. The Morgan fingerprint density at radius 3 is 2.47 bits per heavy atom. The molecular weight excluding hydrogens is 256 g/mol. The van der Waals surface area contributed by atoms with E-state index in [1.165, 1.54) is 6.54 Å². The fraction of sp³-hybridized carbons (Fsp3) is 0.571. The van der Waals surface area contributed by atoms with Gasteiger partial charge in [0.25, 0.3) is 0 Å². The Morgan fingerprint density at radius 2 is 2.00 bits per heavy atom. The summed E-state index contributed by atoms with van der Waals surface area (Å²) in [6.45, 7) is 10.1. The zero-order valence-corrected chi connectivity index (χ0v) is 12.5. The van der Waals surface area contributed by atoms with Crippen molar-refractivity contribution in [1.29, 1.82) is 0 Å². The first-order valence-corrected chi connectivity index (χ1v) is 7.20. The molecule has 1 fully saturated rings. The maximum atomic E-state index is 5.56. The minimum absolute atomic E-state index is 0.355. The van der Waals surface area contributed by atoms with E-state index in [1.54, 1.807) is 0 Å². The Hall–Kier alpha value is -1.20. The summed E-state index contributed by atoms with van der Waals surface area (Å²) in [5.41, 5.74) is 7.40. The van der Waals surface area contributed by atoms with Crippen molar-refractivity contribution in [2.24, 2.45) is 11.7 Å². The maximum Gasteiger partial charge on any atom is 0.122 e. The summed E-state index contributed by atoms with van der Waals surface area (Å²) in [7, 11) is 0. The molecule has 0 atom stereocenters. The molecule has 1 aromatic rings. The minimum atomic E-state index is 0.355. The second-order valence-corrected chi connectivity index (χ2v) is 5.89. The molecule has 1 aromatic heterocycles. The predicted octanol–water partition coefficient (Wildman–Crippen LogP) is 1.49. The molecule has 0 radical (unpaired) electrons. The standard InChI is InChI=1S/C14H22N4S/c1-11(2)10-17-5-7-18(8-6-17)12-3-4-13(14(15)19)16-9-12/h3-4,9,11H,5-8,10H2,1-2H3,(H2,15,19). The van der Waals surface area contributed by atoms with Gasteiger partial charge in [-0.3, -0.25) is 9.88 Å². The number of piperazine rings is 1. The van der Waals surface area contributed by atoms with E-state index < -0.39 is 0 Å². The minimum Gasteiger partial charge on any atom is -0.388 e. The van der Waals surface area contributed by atoms with Crippen LogP contribution in [0.2, 0.25) is 0 Å². The lowest BCUT2D eigenvalue weighted by Crippen LogP contribution is -2.47. The van der Waals surface area contributed by atoms with Crippen LogP contribution in [0, 0.1) is 5.92 Å². The Balaban J connectivity index is 1.92. The van der Waals surface area contributed by atoms with Gasteiger partial charge in [-0.15, -0.1) is 0 Å². The number of anilines is 1. The van der Waals surface area contributed by atoms with E-state index >= 15 is 0 Å². The van der Waals surface area contributed by atoms with Crippen molar-refractivity contribution < 1.29 is 0 Å². The van der Waals surface area contributed by atoms with Gasteiger partial charge in [0.15, 0.2) is 0 Å². The Kier molecular flexibility index (Phi) is 4.71. The first-order valence-electron chi connectivity index (χ1n) is 6.79. The predicted molar refractivity (Wildman–Crippen MR) is 83.6 cm³/mol. The lowest BCUT2D eigenvalue weighted by molar-refractivity contribution is 0.231. The van der Waals surface area contributed by atoms with Crippen LogP contribution in [0.4, 0.5) is 5.69 Å². The number of pyridine rings is 1. The summed E-state index contributed by atoms with van der Waals surface area (Å²) in [6.07, 6.45) is 1.87. The number of rotatable bonds is 4. The van der Waals surface area contributed by atoms with Crippen molar-refractivity contribution in [3.8, 4) is 0 Å². The van der Waals surface area contributed by atoms with Gasteiger partial charge in [-0.05, 0) is 18.1 Å². The number of nitrogens with zero attached hydrogens (tertiary/aromatic N) is 3. The van der Waals surface area contributed by atoms with Gasteiger partial charge in [-0.2, -0.15) is 0 Å². The Morgan fingerprint density at radius 1 is 1.32 bits per heavy atom. The summed E-state index contributed by atoms with van der Waals surface area (Å²) >= 11 is 4.91. The largest absolute Gasteiger partial charge is 0.388 e. The molecule has 104 valence electrons. The topological polar surface area (TPSA) is 45.4 Å². The van der Waals surface area contributed by atoms with Crippen molar-refractivity contribution in [3.63, 3.8) is 0 Å². The first-order chi connectivity index (χ1) is 9.06. The fourth-order valence-corrected chi connectivity index (χ4v) is 2.54. The van der Waals surface area contributed by atoms with E-state index in [2.05, 4.69) is 34.7 Å². The average molecular weight is 278 g/mol. The molecule has 19 heavy (non-hydrogen) atoms. The molecule has 4 nitrogen and oxygen atoms in total. The van der Waals surface area contributed by atoms with Gasteiger partial charge in [-0.25, -0.2) is 0 Å². The van der Waals surface area contributed by atoms with Gasteiger partial charge >= 0.3 is 0 Å². The van der Waals surface area contributed by atoms with Crippen molar-refractivity contribution in [1.82, 2.24) is 9.88 Å². The molecule has 0 spiro atoms. The molecule has 2 rings (SSSR count). The normalized spacial score (nSPS) is 16.9. The van der Waals surface area contributed by atoms with E-state index in [4.69, 9.17) is 18.0 Å². The quantitative estimate of drug-likeness (QED) is 0.846. The lowest BCUT2D eigenvalue weighted by Gasteiger charge is -2.36. The molecule has 2 heterocycles. The smallest absolute Gasteiger partial charge is 0.122 e. The third kappa shape index (κ3) is 3.88. The summed E-state index contributed by atoms with van der Waals surface area (Å²) < 4.78 is 0. The third-order valence-corrected chi connectivity index (χ3v) is 3.57.